The van der Waals surface area contributed by atoms with Crippen LogP contribution in [-0.4, -0.2) is 10.7 Å². The number of rotatable bonds is 1. The third kappa shape index (κ3) is 0.971. The quantitative estimate of drug-likeness (QED) is 0.672. The first-order valence-electron chi connectivity index (χ1n) is 6.80. The summed E-state index contributed by atoms with van der Waals surface area (Å²) in [5, 5.41) is 11.0. The summed E-state index contributed by atoms with van der Waals surface area (Å²) >= 11 is 0. The maximum Gasteiger partial charge on any atom is 0.0707 e. The van der Waals surface area contributed by atoms with E-state index in [1.807, 2.05) is 0 Å². The Bertz CT molecular complexity index is 356. The largest absolute Gasteiger partial charge is 0.389 e. The van der Waals surface area contributed by atoms with Gasteiger partial charge in [-0.15, -0.1) is 0 Å². The molecule has 2 saturated carbocycles. The molecule has 0 spiro atoms. The highest BCUT2D eigenvalue weighted by atomic mass is 16.3. The van der Waals surface area contributed by atoms with Crippen LogP contribution < -0.4 is 0 Å². The van der Waals surface area contributed by atoms with Gasteiger partial charge in [-0.05, 0) is 55.3 Å². The molecule has 90 valence electrons. The molecule has 16 heavy (non-hydrogen) atoms. The topological polar surface area (TPSA) is 20.2 Å². The fourth-order valence-corrected chi connectivity index (χ4v) is 5.11. The van der Waals surface area contributed by atoms with Gasteiger partial charge in [0.05, 0.1) is 5.60 Å². The molecular formula is C15H24O. The Morgan fingerprint density at radius 1 is 1.38 bits per heavy atom. The van der Waals surface area contributed by atoms with E-state index in [4.69, 9.17) is 0 Å². The second kappa shape index (κ2) is 2.93. The van der Waals surface area contributed by atoms with Gasteiger partial charge in [-0.1, -0.05) is 32.4 Å². The molecule has 4 aliphatic rings. The van der Waals surface area contributed by atoms with Gasteiger partial charge < -0.3 is 5.11 Å². The van der Waals surface area contributed by atoms with Crippen LogP contribution in [0.25, 0.3) is 0 Å². The number of aliphatic hydroxyl groups is 1. The van der Waals surface area contributed by atoms with E-state index in [1.54, 1.807) is 5.57 Å². The van der Waals surface area contributed by atoms with Gasteiger partial charge >= 0.3 is 0 Å². The van der Waals surface area contributed by atoms with Crippen molar-refractivity contribution in [3.05, 3.63) is 11.6 Å². The van der Waals surface area contributed by atoms with E-state index in [0.717, 1.165) is 12.3 Å². The van der Waals surface area contributed by atoms with Crippen molar-refractivity contribution in [1.82, 2.24) is 0 Å². The number of fused-ring (bicyclic) bond motifs is 1. The zero-order chi connectivity index (χ0) is 11.7. The summed E-state index contributed by atoms with van der Waals surface area (Å²) in [6.07, 6.45) is 5.86. The molecule has 0 aromatic heterocycles. The van der Waals surface area contributed by atoms with Gasteiger partial charge in [-0.3, -0.25) is 0 Å². The first kappa shape index (κ1) is 10.8. The van der Waals surface area contributed by atoms with Crippen LogP contribution in [0, 0.1) is 29.1 Å². The standard InChI is InChI=1S/C15H24O/c1-9(2)15(16)8-7-14(4)11-6-5-10(3)12(14)13(11)15/h5,9,11-13,16H,6-8H2,1-4H3/t11-,12?,13?,14?,15+/m0/s1. The molecule has 1 heteroatoms. The molecule has 0 amide bonds. The summed E-state index contributed by atoms with van der Waals surface area (Å²) in [4.78, 5) is 0. The summed E-state index contributed by atoms with van der Waals surface area (Å²) in [6, 6.07) is 0. The second-order valence-electron chi connectivity index (χ2n) is 6.95. The van der Waals surface area contributed by atoms with Crippen molar-refractivity contribution in [1.29, 1.82) is 0 Å². The molecule has 0 aliphatic heterocycles. The lowest BCUT2D eigenvalue weighted by molar-refractivity contribution is -0.259. The van der Waals surface area contributed by atoms with E-state index >= 15 is 0 Å². The molecule has 2 fully saturated rings. The minimum atomic E-state index is -0.386. The molecule has 1 nitrogen and oxygen atoms in total. The van der Waals surface area contributed by atoms with Gasteiger partial charge in [-0.2, -0.15) is 0 Å². The summed E-state index contributed by atoms with van der Waals surface area (Å²) in [5.41, 5.74) is 1.68. The lowest BCUT2D eigenvalue weighted by Gasteiger charge is -2.72. The van der Waals surface area contributed by atoms with E-state index in [1.165, 1.54) is 12.8 Å². The Morgan fingerprint density at radius 2 is 2.06 bits per heavy atom. The molecule has 4 rings (SSSR count). The lowest BCUT2D eigenvalue weighted by atomic mass is 9.33. The minimum absolute atomic E-state index is 0.386. The molecule has 3 unspecified atom stereocenters. The van der Waals surface area contributed by atoms with Crippen LogP contribution >= 0.6 is 0 Å². The Balaban J connectivity index is 2.02. The predicted octanol–water partition coefficient (Wildman–Crippen LogP) is 3.39. The first-order chi connectivity index (χ1) is 7.41. The molecular weight excluding hydrogens is 196 g/mol. The van der Waals surface area contributed by atoms with Gasteiger partial charge in [0.2, 0.25) is 0 Å². The molecule has 1 N–H and O–H groups in total. The average molecular weight is 220 g/mol. The van der Waals surface area contributed by atoms with Gasteiger partial charge in [0.25, 0.3) is 0 Å². The Hall–Kier alpha value is -0.300. The first-order valence-corrected chi connectivity index (χ1v) is 6.80. The third-order valence-corrected chi connectivity index (χ3v) is 6.18. The van der Waals surface area contributed by atoms with Crippen molar-refractivity contribution in [2.75, 3.05) is 0 Å². The normalized spacial score (nSPS) is 54.6. The third-order valence-electron chi connectivity index (χ3n) is 6.18. The minimum Gasteiger partial charge on any atom is -0.389 e. The van der Waals surface area contributed by atoms with Crippen LogP contribution in [0.4, 0.5) is 0 Å². The summed E-state index contributed by atoms with van der Waals surface area (Å²) < 4.78 is 0. The molecule has 5 atom stereocenters. The van der Waals surface area contributed by atoms with Crippen LogP contribution in [0.15, 0.2) is 11.6 Å². The number of hydrogen-bond acceptors (Lipinski definition) is 1. The molecule has 0 aromatic carbocycles. The van der Waals surface area contributed by atoms with Crippen molar-refractivity contribution >= 4 is 0 Å². The lowest BCUT2D eigenvalue weighted by Crippen LogP contribution is -2.70. The van der Waals surface area contributed by atoms with E-state index in [2.05, 4.69) is 33.8 Å². The molecule has 0 saturated heterocycles. The fraction of sp³-hybridized carbons (Fsp3) is 0.867. The van der Waals surface area contributed by atoms with Crippen molar-refractivity contribution in [3.63, 3.8) is 0 Å². The zero-order valence-electron chi connectivity index (χ0n) is 11.0. The Morgan fingerprint density at radius 3 is 2.62 bits per heavy atom. The summed E-state index contributed by atoms with van der Waals surface area (Å²) in [7, 11) is 0. The molecule has 4 aliphatic carbocycles. The highest BCUT2D eigenvalue weighted by Crippen LogP contribution is 2.72. The van der Waals surface area contributed by atoms with Gasteiger partial charge in [0.1, 0.15) is 0 Å². The van der Waals surface area contributed by atoms with E-state index in [-0.39, 0.29) is 5.60 Å². The fourth-order valence-electron chi connectivity index (χ4n) is 5.11. The second-order valence-corrected chi connectivity index (χ2v) is 6.95. The number of hydrogen-bond donors (Lipinski definition) is 1. The van der Waals surface area contributed by atoms with Crippen molar-refractivity contribution in [3.8, 4) is 0 Å². The summed E-state index contributed by atoms with van der Waals surface area (Å²) in [6.45, 7) is 9.11. The van der Waals surface area contributed by atoms with Gasteiger partial charge in [-0.25, -0.2) is 0 Å². The molecule has 0 aromatic rings. The SMILES string of the molecule is CC1=CC[C@H]2C3C1C2(C)CC[C@@]3(O)C(C)C. The Kier molecular flexibility index (Phi) is 1.98. The van der Waals surface area contributed by atoms with E-state index < -0.39 is 0 Å². The Labute approximate surface area is 98.9 Å². The molecule has 4 bridgehead atoms. The van der Waals surface area contributed by atoms with Crippen LogP contribution in [0.1, 0.15) is 47.0 Å². The highest BCUT2D eigenvalue weighted by Gasteiger charge is 2.69. The molecule has 0 radical (unpaired) electrons. The van der Waals surface area contributed by atoms with Crippen LogP contribution in [0.3, 0.4) is 0 Å². The van der Waals surface area contributed by atoms with Crippen LogP contribution in [-0.2, 0) is 0 Å². The van der Waals surface area contributed by atoms with Gasteiger partial charge in [0, 0.05) is 0 Å². The van der Waals surface area contributed by atoms with E-state index in [0.29, 0.717) is 23.2 Å². The molecule has 0 heterocycles. The van der Waals surface area contributed by atoms with Crippen molar-refractivity contribution < 1.29 is 5.11 Å². The highest BCUT2D eigenvalue weighted by molar-refractivity contribution is 5.30. The van der Waals surface area contributed by atoms with Crippen molar-refractivity contribution in [2.45, 2.75) is 52.6 Å². The monoisotopic (exact) mass is 220 g/mol. The van der Waals surface area contributed by atoms with E-state index in [9.17, 15) is 5.11 Å². The smallest absolute Gasteiger partial charge is 0.0707 e. The van der Waals surface area contributed by atoms with Crippen LogP contribution in [0.5, 0.6) is 0 Å². The maximum absolute atomic E-state index is 11.0. The predicted molar refractivity (Wildman–Crippen MR) is 66.0 cm³/mol. The zero-order valence-corrected chi connectivity index (χ0v) is 11.0. The average Bonchev–Trinajstić information content (AvgIpc) is 2.22. The summed E-state index contributed by atoms with van der Waals surface area (Å²) in [5.74, 6) is 2.38. The number of allylic oxidation sites excluding steroid dienone is 2. The maximum atomic E-state index is 11.0. The van der Waals surface area contributed by atoms with Crippen LogP contribution in [0.2, 0.25) is 0 Å². The van der Waals surface area contributed by atoms with Crippen molar-refractivity contribution in [2.24, 2.45) is 29.1 Å². The van der Waals surface area contributed by atoms with Gasteiger partial charge in [0.15, 0.2) is 0 Å².